The van der Waals surface area contributed by atoms with E-state index < -0.39 is 11.9 Å². The third-order valence-electron chi connectivity index (χ3n) is 7.58. The molecule has 196 valence electrons. The van der Waals surface area contributed by atoms with Crippen LogP contribution < -0.4 is 0 Å². The minimum atomic E-state index is -4.58. The number of likely N-dealkylation sites (tertiary alicyclic amines) is 1. The Morgan fingerprint density at radius 1 is 1.24 bits per heavy atom. The highest BCUT2D eigenvalue weighted by molar-refractivity contribution is 7.16. The van der Waals surface area contributed by atoms with Crippen LogP contribution in [0.5, 0.6) is 0 Å². The molecule has 2 aromatic heterocycles. The predicted molar refractivity (Wildman–Crippen MR) is 141 cm³/mol. The Morgan fingerprint density at radius 2 is 2.03 bits per heavy atom. The van der Waals surface area contributed by atoms with E-state index in [1.54, 1.807) is 25.1 Å². The third kappa shape index (κ3) is 5.29. The normalized spacial score (nSPS) is 22.6. The lowest BCUT2D eigenvalue weighted by molar-refractivity contribution is -0.141. The van der Waals surface area contributed by atoms with Crippen LogP contribution in [0.1, 0.15) is 53.8 Å². The Kier molecular flexibility index (Phi) is 7.35. The molecule has 0 saturated carbocycles. The zero-order chi connectivity index (χ0) is 26.3. The molecule has 1 aromatic carbocycles. The summed E-state index contributed by atoms with van der Waals surface area (Å²) in [5, 5.41) is 3.83. The van der Waals surface area contributed by atoms with Gasteiger partial charge in [-0.3, -0.25) is 14.4 Å². The molecule has 3 heterocycles. The highest BCUT2D eigenvalue weighted by Gasteiger charge is 2.39. The molecule has 0 N–H and O–H groups in total. The van der Waals surface area contributed by atoms with Gasteiger partial charge in [0.2, 0.25) is 0 Å². The van der Waals surface area contributed by atoms with Gasteiger partial charge < -0.3 is 0 Å². The number of hydrogen-bond acceptors (Lipinski definition) is 4. The van der Waals surface area contributed by atoms with Crippen LogP contribution in [0.2, 0.25) is 4.34 Å². The maximum absolute atomic E-state index is 14.0. The fourth-order valence-electron chi connectivity index (χ4n) is 5.65. The zero-order valence-electron chi connectivity index (χ0n) is 20.8. The quantitative estimate of drug-likeness (QED) is 0.306. The number of aryl methyl sites for hydroxylation is 1. The summed E-state index contributed by atoms with van der Waals surface area (Å²) in [5.74, 6) is -0.442. The summed E-state index contributed by atoms with van der Waals surface area (Å²) in [6.07, 6.45) is 3.88. The molecule has 2 unspecified atom stereocenters. The summed E-state index contributed by atoms with van der Waals surface area (Å²) in [4.78, 5) is 16.6. The molecule has 5 rings (SSSR count). The SMILES string of the molecule is CCn1cc(-c2ccccc2[C@@H]2CC(C(=O)/C=C/C3CCCN3C)Cc3sc(Cl)cc32)c(C(F)(F)F)n1. The number of ketones is 1. The first-order valence-electron chi connectivity index (χ1n) is 12.6. The van der Waals surface area contributed by atoms with Crippen molar-refractivity contribution in [2.24, 2.45) is 5.92 Å². The second-order valence-electron chi connectivity index (χ2n) is 9.90. The summed E-state index contributed by atoms with van der Waals surface area (Å²) >= 11 is 7.86. The van der Waals surface area contributed by atoms with Gasteiger partial charge in [-0.1, -0.05) is 41.9 Å². The Bertz CT molecular complexity index is 1330. The van der Waals surface area contributed by atoms with Crippen molar-refractivity contribution in [3.05, 3.63) is 74.7 Å². The van der Waals surface area contributed by atoms with Crippen LogP contribution in [0.3, 0.4) is 0 Å². The number of nitrogens with zero attached hydrogens (tertiary/aromatic N) is 3. The average Bonchev–Trinajstić information content (AvgIpc) is 3.58. The summed E-state index contributed by atoms with van der Waals surface area (Å²) in [6, 6.07) is 9.35. The van der Waals surface area contributed by atoms with Crippen LogP contribution in [0.25, 0.3) is 11.1 Å². The van der Waals surface area contributed by atoms with Gasteiger partial charge >= 0.3 is 6.18 Å². The van der Waals surface area contributed by atoms with Gasteiger partial charge in [0, 0.05) is 41.1 Å². The summed E-state index contributed by atoms with van der Waals surface area (Å²) in [6.45, 7) is 3.12. The number of rotatable bonds is 6. The average molecular weight is 548 g/mol. The molecule has 1 aliphatic carbocycles. The van der Waals surface area contributed by atoms with Gasteiger partial charge in [-0.2, -0.15) is 18.3 Å². The lowest BCUT2D eigenvalue weighted by Crippen LogP contribution is -2.26. The molecule has 37 heavy (non-hydrogen) atoms. The molecule has 3 aromatic rings. The van der Waals surface area contributed by atoms with E-state index >= 15 is 0 Å². The van der Waals surface area contributed by atoms with E-state index in [9.17, 15) is 18.0 Å². The first-order valence-corrected chi connectivity index (χ1v) is 13.8. The zero-order valence-corrected chi connectivity index (χ0v) is 22.3. The van der Waals surface area contributed by atoms with E-state index in [1.807, 2.05) is 24.3 Å². The number of allylic oxidation sites excluding steroid dienone is 1. The van der Waals surface area contributed by atoms with E-state index in [-0.39, 0.29) is 29.2 Å². The summed E-state index contributed by atoms with van der Waals surface area (Å²) in [7, 11) is 2.07. The Hall–Kier alpha value is -2.42. The lowest BCUT2D eigenvalue weighted by atomic mass is 9.74. The van der Waals surface area contributed by atoms with E-state index in [4.69, 9.17) is 11.6 Å². The van der Waals surface area contributed by atoms with Gasteiger partial charge in [0.25, 0.3) is 0 Å². The van der Waals surface area contributed by atoms with Gasteiger partial charge in [0.05, 0.1) is 4.34 Å². The maximum atomic E-state index is 14.0. The van der Waals surface area contributed by atoms with Crippen molar-refractivity contribution < 1.29 is 18.0 Å². The van der Waals surface area contributed by atoms with Gasteiger partial charge in [-0.15, -0.1) is 11.3 Å². The largest absolute Gasteiger partial charge is 0.435 e. The molecule has 1 fully saturated rings. The van der Waals surface area contributed by atoms with E-state index in [0.29, 0.717) is 29.3 Å². The second-order valence-corrected chi connectivity index (χ2v) is 11.7. The van der Waals surface area contributed by atoms with Crippen molar-refractivity contribution >= 4 is 28.7 Å². The van der Waals surface area contributed by atoms with Crippen molar-refractivity contribution in [1.29, 1.82) is 0 Å². The predicted octanol–water partition coefficient (Wildman–Crippen LogP) is 7.22. The molecule has 0 bridgehead atoms. The minimum absolute atomic E-state index is 0.0606. The highest BCUT2D eigenvalue weighted by Crippen LogP contribution is 2.48. The van der Waals surface area contributed by atoms with Crippen molar-refractivity contribution in [2.45, 2.75) is 57.3 Å². The van der Waals surface area contributed by atoms with Crippen LogP contribution in [0, 0.1) is 5.92 Å². The smallest absolute Gasteiger partial charge is 0.300 e. The standard InChI is InChI=1S/C28H29ClF3N3OS/c1-3-35-16-23(27(33-35)28(30,31)32)20-9-5-4-8-19(20)21-13-17(14-25-22(21)15-26(29)37-25)24(36)11-10-18-7-6-12-34(18)2/h4-5,8-11,15-18,21H,3,6-7,12-14H2,1-2H3/b11-10+/t17?,18?,21-/m0/s1. The molecule has 4 nitrogen and oxygen atoms in total. The van der Waals surface area contributed by atoms with E-state index in [2.05, 4.69) is 17.0 Å². The molecule has 0 radical (unpaired) electrons. The second kappa shape index (κ2) is 10.4. The summed E-state index contributed by atoms with van der Waals surface area (Å²) in [5.41, 5.74) is 1.42. The molecular formula is C28H29ClF3N3OS. The first kappa shape index (κ1) is 26.2. The number of hydrogen-bond donors (Lipinski definition) is 0. The van der Waals surface area contributed by atoms with Crippen LogP contribution in [-0.4, -0.2) is 40.1 Å². The molecule has 2 aliphatic rings. The fourth-order valence-corrected chi connectivity index (χ4v) is 7.07. The topological polar surface area (TPSA) is 38.1 Å². The van der Waals surface area contributed by atoms with Gasteiger partial charge in [-0.05, 0) is 75.0 Å². The van der Waals surface area contributed by atoms with Crippen molar-refractivity contribution in [3.8, 4) is 11.1 Å². The number of benzene rings is 1. The minimum Gasteiger partial charge on any atom is -0.300 e. The molecule has 9 heteroatoms. The first-order chi connectivity index (χ1) is 17.7. The van der Waals surface area contributed by atoms with E-state index in [0.717, 1.165) is 35.4 Å². The lowest BCUT2D eigenvalue weighted by Gasteiger charge is -2.30. The van der Waals surface area contributed by atoms with Crippen LogP contribution in [-0.2, 0) is 23.9 Å². The molecular weight excluding hydrogens is 519 g/mol. The number of likely N-dealkylation sites (N-methyl/N-ethyl adjacent to an activating group) is 1. The fraction of sp³-hybridized carbons (Fsp3) is 0.429. The maximum Gasteiger partial charge on any atom is 0.435 e. The molecule has 3 atom stereocenters. The number of fused-ring (bicyclic) bond motifs is 1. The number of carbonyl (C=O) groups is 1. The Labute approximate surface area is 223 Å². The number of alkyl halides is 3. The van der Waals surface area contributed by atoms with Gasteiger partial charge in [-0.25, -0.2) is 0 Å². The number of thiophene rings is 1. The van der Waals surface area contributed by atoms with Crippen LogP contribution >= 0.6 is 22.9 Å². The highest BCUT2D eigenvalue weighted by atomic mass is 35.5. The molecule has 1 saturated heterocycles. The third-order valence-corrected chi connectivity index (χ3v) is 8.88. The number of halogens is 4. The van der Waals surface area contributed by atoms with Crippen molar-refractivity contribution in [2.75, 3.05) is 13.6 Å². The summed E-state index contributed by atoms with van der Waals surface area (Å²) < 4.78 is 43.8. The van der Waals surface area contributed by atoms with Crippen molar-refractivity contribution in [3.63, 3.8) is 0 Å². The molecule has 0 spiro atoms. The van der Waals surface area contributed by atoms with Gasteiger partial charge in [0.1, 0.15) is 0 Å². The Morgan fingerprint density at radius 3 is 2.73 bits per heavy atom. The molecule has 0 amide bonds. The number of aromatic nitrogens is 2. The molecule has 1 aliphatic heterocycles. The monoisotopic (exact) mass is 547 g/mol. The van der Waals surface area contributed by atoms with Crippen molar-refractivity contribution in [1.82, 2.24) is 14.7 Å². The Balaban J connectivity index is 1.54. The van der Waals surface area contributed by atoms with E-state index in [1.165, 1.54) is 22.2 Å². The number of carbonyl (C=O) groups excluding carboxylic acids is 1. The van der Waals surface area contributed by atoms with Crippen LogP contribution in [0.4, 0.5) is 13.2 Å². The van der Waals surface area contributed by atoms with Gasteiger partial charge in [0.15, 0.2) is 11.5 Å². The van der Waals surface area contributed by atoms with Crippen LogP contribution in [0.15, 0.2) is 48.7 Å².